The molecular weight excluding hydrogens is 1230 g/mol. The SMILES string of the molecule is CCC(C)CCCCCCCCCCC(=O)OC[C@H](COP(=O)(O)OC[C@@H](O)COP(=O)(O)OC[C@@H](COC(=O)CCCCCCCCC(C)CC)OC(=O)CCCCCCCCCCCCCC(C)C)OC(=O)CCCCCCCCCCCCCCCCCC(C)C. The lowest BCUT2D eigenvalue weighted by molar-refractivity contribution is -0.161. The summed E-state index contributed by atoms with van der Waals surface area (Å²) >= 11 is 0. The first-order valence-corrected chi connectivity index (χ1v) is 41.8. The van der Waals surface area contributed by atoms with Gasteiger partial charge in [0.2, 0.25) is 0 Å². The van der Waals surface area contributed by atoms with Crippen LogP contribution < -0.4 is 0 Å². The van der Waals surface area contributed by atoms with Gasteiger partial charge in [-0.25, -0.2) is 9.13 Å². The molecule has 0 radical (unpaired) electrons. The maximum Gasteiger partial charge on any atom is 0.472 e. The molecule has 0 fully saturated rings. The van der Waals surface area contributed by atoms with Crippen molar-refractivity contribution in [3.8, 4) is 0 Å². The second-order valence-corrected chi connectivity index (χ2v) is 31.4. The third-order valence-corrected chi connectivity index (χ3v) is 19.9. The van der Waals surface area contributed by atoms with Gasteiger partial charge in [0, 0.05) is 25.7 Å². The van der Waals surface area contributed by atoms with E-state index in [1.165, 1.54) is 173 Å². The number of hydrogen-bond donors (Lipinski definition) is 3. The fraction of sp³-hybridized carbons (Fsp3) is 0.947. The number of aliphatic hydroxyl groups is 1. The Morgan fingerprint density at radius 2 is 0.511 bits per heavy atom. The van der Waals surface area contributed by atoms with Gasteiger partial charge in [0.15, 0.2) is 12.2 Å². The second kappa shape index (κ2) is 64.4. The quantitative estimate of drug-likeness (QED) is 0.0222. The number of phosphoric acid groups is 2. The molecule has 0 saturated carbocycles. The van der Waals surface area contributed by atoms with Gasteiger partial charge < -0.3 is 33.8 Å². The lowest BCUT2D eigenvalue weighted by atomic mass is 9.99. The van der Waals surface area contributed by atoms with Gasteiger partial charge in [0.25, 0.3) is 0 Å². The molecule has 0 aromatic heterocycles. The number of carbonyl (C=O) groups is 4. The first kappa shape index (κ1) is 92.1. The zero-order valence-corrected chi connectivity index (χ0v) is 63.4. The van der Waals surface area contributed by atoms with E-state index < -0.39 is 97.5 Å². The van der Waals surface area contributed by atoms with Crippen molar-refractivity contribution in [1.29, 1.82) is 0 Å². The Morgan fingerprint density at radius 1 is 0.298 bits per heavy atom. The van der Waals surface area contributed by atoms with Crippen molar-refractivity contribution in [3.05, 3.63) is 0 Å². The molecule has 0 amide bonds. The molecule has 3 N–H and O–H groups in total. The molecule has 0 bridgehead atoms. The highest BCUT2D eigenvalue weighted by Gasteiger charge is 2.30. The minimum absolute atomic E-state index is 0.105. The fourth-order valence-electron chi connectivity index (χ4n) is 11.3. The van der Waals surface area contributed by atoms with Crippen LogP contribution in [-0.2, 0) is 65.4 Å². The van der Waals surface area contributed by atoms with E-state index in [2.05, 4.69) is 55.4 Å². The van der Waals surface area contributed by atoms with Gasteiger partial charge in [0.05, 0.1) is 26.4 Å². The van der Waals surface area contributed by atoms with Gasteiger partial charge in [0.1, 0.15) is 19.3 Å². The molecule has 0 aromatic rings. The van der Waals surface area contributed by atoms with E-state index in [4.69, 9.17) is 37.0 Å². The highest BCUT2D eigenvalue weighted by atomic mass is 31.2. The molecule has 0 heterocycles. The van der Waals surface area contributed by atoms with E-state index >= 15 is 0 Å². The minimum Gasteiger partial charge on any atom is -0.462 e. The van der Waals surface area contributed by atoms with E-state index in [0.29, 0.717) is 25.7 Å². The molecule has 94 heavy (non-hydrogen) atoms. The monoisotopic (exact) mass is 1380 g/mol. The summed E-state index contributed by atoms with van der Waals surface area (Å²) < 4.78 is 68.5. The highest BCUT2D eigenvalue weighted by molar-refractivity contribution is 7.47. The molecule has 0 aliphatic rings. The summed E-state index contributed by atoms with van der Waals surface area (Å²) in [4.78, 5) is 72.8. The number of rotatable bonds is 72. The molecular formula is C75H146O17P2. The standard InChI is InChI=1S/C75H146O17P2/c1-9-67(7)53-45-37-29-25-26-30-39-47-55-72(77)85-61-70(91-74(79)57-49-41-31-23-19-15-13-11-12-14-17-21-27-35-43-51-65(3)4)63-89-93(81,82)87-59-69(76)60-88-94(83,84)90-64-71(62-86-73(78)56-48-40-34-33-38-46-54-68(8)10-2)92-75(80)58-50-42-32-24-20-16-18-22-28-36-44-52-66(5)6/h65-71,76H,9-64H2,1-8H3,(H,81,82)(H,83,84)/t67?,68?,69-,70-,71-/m1/s1. The van der Waals surface area contributed by atoms with Crippen LogP contribution in [0.2, 0.25) is 0 Å². The van der Waals surface area contributed by atoms with Crippen LogP contribution in [0.3, 0.4) is 0 Å². The van der Waals surface area contributed by atoms with Crippen LogP contribution in [0, 0.1) is 23.7 Å². The Kier molecular flexibility index (Phi) is 63.1. The summed E-state index contributed by atoms with van der Waals surface area (Å²) in [5, 5.41) is 10.6. The topological polar surface area (TPSA) is 237 Å². The van der Waals surface area contributed by atoms with Crippen LogP contribution >= 0.6 is 15.6 Å². The van der Waals surface area contributed by atoms with E-state index in [-0.39, 0.29) is 25.7 Å². The van der Waals surface area contributed by atoms with Gasteiger partial charge in [-0.3, -0.25) is 37.3 Å². The van der Waals surface area contributed by atoms with Gasteiger partial charge >= 0.3 is 39.5 Å². The Hall–Kier alpha value is -1.94. The van der Waals surface area contributed by atoms with Crippen LogP contribution in [0.4, 0.5) is 0 Å². The summed E-state index contributed by atoms with van der Waals surface area (Å²) in [6.07, 6.45) is 48.5. The smallest absolute Gasteiger partial charge is 0.462 e. The summed E-state index contributed by atoms with van der Waals surface area (Å²) in [5.41, 5.74) is 0. The van der Waals surface area contributed by atoms with Crippen molar-refractivity contribution in [2.24, 2.45) is 23.7 Å². The predicted octanol–water partition coefficient (Wildman–Crippen LogP) is 21.7. The van der Waals surface area contributed by atoms with E-state index in [9.17, 15) is 43.2 Å². The lowest BCUT2D eigenvalue weighted by Gasteiger charge is -2.21. The molecule has 7 atom stereocenters. The second-order valence-electron chi connectivity index (χ2n) is 28.5. The number of unbranched alkanes of at least 4 members (excludes halogenated alkanes) is 36. The average molecular weight is 1380 g/mol. The first-order chi connectivity index (χ1) is 45.2. The molecule has 0 saturated heterocycles. The molecule has 0 aliphatic heterocycles. The van der Waals surface area contributed by atoms with Gasteiger partial charge in [-0.15, -0.1) is 0 Å². The third kappa shape index (κ3) is 66.0. The number of ether oxygens (including phenoxy) is 4. The predicted molar refractivity (Wildman–Crippen MR) is 381 cm³/mol. The van der Waals surface area contributed by atoms with Crippen molar-refractivity contribution in [1.82, 2.24) is 0 Å². The zero-order chi connectivity index (χ0) is 69.6. The Bertz CT molecular complexity index is 1850. The first-order valence-electron chi connectivity index (χ1n) is 38.8. The number of esters is 4. The van der Waals surface area contributed by atoms with Crippen molar-refractivity contribution < 1.29 is 80.2 Å². The normalized spacial score (nSPS) is 14.7. The van der Waals surface area contributed by atoms with E-state index in [1.54, 1.807) is 0 Å². The number of phosphoric ester groups is 2. The van der Waals surface area contributed by atoms with Crippen molar-refractivity contribution in [3.63, 3.8) is 0 Å². The van der Waals surface area contributed by atoms with Crippen LogP contribution in [0.1, 0.15) is 376 Å². The molecule has 17 nitrogen and oxygen atoms in total. The molecule has 0 aromatic carbocycles. The van der Waals surface area contributed by atoms with Crippen LogP contribution in [0.25, 0.3) is 0 Å². The summed E-state index contributed by atoms with van der Waals surface area (Å²) in [6.45, 7) is 14.2. The van der Waals surface area contributed by atoms with Gasteiger partial charge in [-0.1, -0.05) is 325 Å². The molecule has 0 rings (SSSR count). The van der Waals surface area contributed by atoms with Crippen molar-refractivity contribution in [2.75, 3.05) is 39.6 Å². The van der Waals surface area contributed by atoms with Gasteiger partial charge in [-0.05, 0) is 49.4 Å². The fourth-order valence-corrected chi connectivity index (χ4v) is 12.9. The number of hydrogen-bond acceptors (Lipinski definition) is 15. The number of aliphatic hydroxyl groups excluding tert-OH is 1. The maximum atomic E-state index is 13.1. The summed E-state index contributed by atoms with van der Waals surface area (Å²) in [6, 6.07) is 0. The Morgan fingerprint density at radius 3 is 0.755 bits per heavy atom. The Balaban J connectivity index is 5.25. The summed E-state index contributed by atoms with van der Waals surface area (Å²) in [5.74, 6) is 0.953. The molecule has 19 heteroatoms. The zero-order valence-electron chi connectivity index (χ0n) is 61.6. The largest absolute Gasteiger partial charge is 0.472 e. The molecule has 0 spiro atoms. The maximum absolute atomic E-state index is 13.1. The molecule has 4 unspecified atom stereocenters. The van der Waals surface area contributed by atoms with Crippen LogP contribution in [0.5, 0.6) is 0 Å². The van der Waals surface area contributed by atoms with Crippen LogP contribution in [0.15, 0.2) is 0 Å². The molecule has 0 aliphatic carbocycles. The third-order valence-electron chi connectivity index (χ3n) is 18.0. The van der Waals surface area contributed by atoms with E-state index in [1.807, 2.05) is 0 Å². The highest BCUT2D eigenvalue weighted by Crippen LogP contribution is 2.45. The van der Waals surface area contributed by atoms with E-state index in [0.717, 1.165) is 120 Å². The average Bonchev–Trinajstić information content (AvgIpc) is 2.73. The summed E-state index contributed by atoms with van der Waals surface area (Å²) in [7, 11) is -9.91. The minimum atomic E-state index is -4.96. The lowest BCUT2D eigenvalue weighted by Crippen LogP contribution is -2.30. The van der Waals surface area contributed by atoms with Crippen LogP contribution in [-0.4, -0.2) is 96.7 Å². The Labute approximate surface area is 575 Å². The molecule has 558 valence electrons. The van der Waals surface area contributed by atoms with Crippen molar-refractivity contribution >= 4 is 39.5 Å². The number of carbonyl (C=O) groups excluding carboxylic acids is 4. The van der Waals surface area contributed by atoms with Gasteiger partial charge in [-0.2, -0.15) is 0 Å². The van der Waals surface area contributed by atoms with Crippen molar-refractivity contribution in [2.45, 2.75) is 395 Å².